The van der Waals surface area contributed by atoms with Gasteiger partial charge in [0.25, 0.3) is 5.91 Å². The Morgan fingerprint density at radius 2 is 1.65 bits per heavy atom. The van der Waals surface area contributed by atoms with Crippen molar-refractivity contribution >= 4 is 21.4 Å². The smallest absolute Gasteiger partial charge is 0.258 e. The summed E-state index contributed by atoms with van der Waals surface area (Å²) in [6.07, 6.45) is 1.20. The van der Waals surface area contributed by atoms with Crippen molar-refractivity contribution in [1.29, 1.82) is 0 Å². The summed E-state index contributed by atoms with van der Waals surface area (Å²) in [5.41, 5.74) is 3.16. The van der Waals surface area contributed by atoms with Crippen molar-refractivity contribution in [2.24, 2.45) is 0 Å². The Morgan fingerprint density at radius 3 is 2.17 bits per heavy atom. The zero-order chi connectivity index (χ0) is 17.0. The van der Waals surface area contributed by atoms with Gasteiger partial charge in [0.05, 0.1) is 5.75 Å². The number of hydrogen-bond donors (Lipinski definition) is 0. The predicted molar refractivity (Wildman–Crippen MR) is 93.5 cm³/mol. The Balaban J connectivity index is 2.27. The first kappa shape index (κ1) is 17.2. The summed E-state index contributed by atoms with van der Waals surface area (Å²) in [7, 11) is -3.08. The van der Waals surface area contributed by atoms with Gasteiger partial charge < -0.3 is 4.90 Å². The van der Waals surface area contributed by atoms with Gasteiger partial charge in [-0.1, -0.05) is 30.3 Å². The van der Waals surface area contributed by atoms with E-state index in [-0.39, 0.29) is 11.7 Å². The van der Waals surface area contributed by atoms with Gasteiger partial charge in [-0.15, -0.1) is 0 Å². The van der Waals surface area contributed by atoms with Crippen LogP contribution in [0, 0.1) is 6.92 Å². The SMILES string of the molecule is CCN(C(=O)c1ccc(CS(C)(=O)=O)cc1)c1ccccc1C. The number of para-hydroxylation sites is 1. The van der Waals surface area contributed by atoms with Crippen molar-refractivity contribution in [2.75, 3.05) is 17.7 Å². The van der Waals surface area contributed by atoms with Crippen LogP contribution in [0.15, 0.2) is 48.5 Å². The van der Waals surface area contributed by atoms with Crippen molar-refractivity contribution in [3.05, 3.63) is 65.2 Å². The van der Waals surface area contributed by atoms with Crippen molar-refractivity contribution < 1.29 is 13.2 Å². The molecule has 0 aliphatic carbocycles. The third-order valence-corrected chi connectivity index (χ3v) is 4.46. The second kappa shape index (κ2) is 6.96. The molecule has 2 aromatic carbocycles. The van der Waals surface area contributed by atoms with Gasteiger partial charge in [0, 0.05) is 24.1 Å². The summed E-state index contributed by atoms with van der Waals surface area (Å²) in [6.45, 7) is 4.47. The Kier molecular flexibility index (Phi) is 5.21. The van der Waals surface area contributed by atoms with Gasteiger partial charge in [-0.3, -0.25) is 4.79 Å². The third-order valence-electron chi connectivity index (χ3n) is 3.60. The van der Waals surface area contributed by atoms with Gasteiger partial charge in [0.2, 0.25) is 0 Å². The van der Waals surface area contributed by atoms with Crippen LogP contribution < -0.4 is 4.90 Å². The number of hydrogen-bond acceptors (Lipinski definition) is 3. The van der Waals surface area contributed by atoms with Crippen LogP contribution in [-0.2, 0) is 15.6 Å². The van der Waals surface area contributed by atoms with E-state index in [4.69, 9.17) is 0 Å². The average molecular weight is 331 g/mol. The van der Waals surface area contributed by atoms with Crippen LogP contribution >= 0.6 is 0 Å². The third kappa shape index (κ3) is 4.42. The molecular formula is C18H21NO3S. The number of aryl methyl sites for hydroxylation is 1. The lowest BCUT2D eigenvalue weighted by Gasteiger charge is -2.23. The molecule has 0 aliphatic heterocycles. The Morgan fingerprint density at radius 1 is 1.04 bits per heavy atom. The lowest BCUT2D eigenvalue weighted by molar-refractivity contribution is 0.0988. The van der Waals surface area contributed by atoms with Crippen LogP contribution in [-0.4, -0.2) is 27.1 Å². The summed E-state index contributed by atoms with van der Waals surface area (Å²) in [4.78, 5) is 14.5. The van der Waals surface area contributed by atoms with Crippen molar-refractivity contribution in [3.63, 3.8) is 0 Å². The molecule has 122 valence electrons. The van der Waals surface area contributed by atoms with Crippen molar-refractivity contribution in [1.82, 2.24) is 0 Å². The minimum Gasteiger partial charge on any atom is -0.308 e. The molecule has 0 aromatic heterocycles. The Hall–Kier alpha value is -2.14. The normalized spacial score (nSPS) is 11.3. The number of amides is 1. The summed E-state index contributed by atoms with van der Waals surface area (Å²) >= 11 is 0. The van der Waals surface area contributed by atoms with Gasteiger partial charge in [0.1, 0.15) is 0 Å². The van der Waals surface area contributed by atoms with Crippen molar-refractivity contribution in [2.45, 2.75) is 19.6 Å². The maximum Gasteiger partial charge on any atom is 0.258 e. The van der Waals surface area contributed by atoms with Gasteiger partial charge in [-0.05, 0) is 43.2 Å². The molecule has 0 bridgehead atoms. The summed E-state index contributed by atoms with van der Waals surface area (Å²) in [5.74, 6) is -0.107. The largest absolute Gasteiger partial charge is 0.308 e. The fourth-order valence-electron chi connectivity index (χ4n) is 2.49. The van der Waals surface area contributed by atoms with Crippen LogP contribution in [0.25, 0.3) is 0 Å². The van der Waals surface area contributed by atoms with E-state index in [2.05, 4.69) is 0 Å². The first-order chi connectivity index (χ1) is 10.8. The minimum absolute atomic E-state index is 0.0171. The molecule has 0 saturated carbocycles. The van der Waals surface area contributed by atoms with E-state index in [0.29, 0.717) is 17.7 Å². The van der Waals surface area contributed by atoms with E-state index in [1.165, 1.54) is 6.26 Å². The van der Waals surface area contributed by atoms with E-state index in [1.54, 1.807) is 29.2 Å². The van der Waals surface area contributed by atoms with Crippen LogP contribution in [0.2, 0.25) is 0 Å². The molecule has 23 heavy (non-hydrogen) atoms. The summed E-state index contributed by atoms with van der Waals surface area (Å²) in [6, 6.07) is 14.5. The molecule has 0 heterocycles. The highest BCUT2D eigenvalue weighted by Crippen LogP contribution is 2.21. The molecule has 0 unspecified atom stereocenters. The molecule has 0 N–H and O–H groups in total. The standard InChI is InChI=1S/C18H21NO3S/c1-4-19(17-8-6-5-7-14(17)2)18(20)16-11-9-15(10-12-16)13-23(3,21)22/h5-12H,4,13H2,1-3H3. The van der Waals surface area contributed by atoms with Gasteiger partial charge in [0.15, 0.2) is 9.84 Å². The Labute approximate surface area is 137 Å². The molecule has 0 saturated heterocycles. The first-order valence-corrected chi connectivity index (χ1v) is 9.52. The lowest BCUT2D eigenvalue weighted by Crippen LogP contribution is -2.31. The van der Waals surface area contributed by atoms with Crippen LogP contribution in [0.3, 0.4) is 0 Å². The summed E-state index contributed by atoms with van der Waals surface area (Å²) in [5, 5.41) is 0. The van der Waals surface area contributed by atoms with Crippen LogP contribution in [0.5, 0.6) is 0 Å². The second-order valence-electron chi connectivity index (χ2n) is 5.60. The topological polar surface area (TPSA) is 54.5 Å². The molecular weight excluding hydrogens is 310 g/mol. The number of anilines is 1. The molecule has 0 atom stereocenters. The molecule has 2 aromatic rings. The molecule has 1 amide bonds. The van der Waals surface area contributed by atoms with E-state index in [0.717, 1.165) is 11.3 Å². The highest BCUT2D eigenvalue weighted by atomic mass is 32.2. The quantitative estimate of drug-likeness (QED) is 0.845. The maximum absolute atomic E-state index is 12.7. The van der Waals surface area contributed by atoms with E-state index >= 15 is 0 Å². The zero-order valence-electron chi connectivity index (χ0n) is 13.6. The number of carbonyl (C=O) groups is 1. The van der Waals surface area contributed by atoms with E-state index in [1.807, 2.05) is 38.1 Å². The predicted octanol–water partition coefficient (Wildman–Crippen LogP) is 3.21. The molecule has 5 heteroatoms. The highest BCUT2D eigenvalue weighted by molar-refractivity contribution is 7.89. The first-order valence-electron chi connectivity index (χ1n) is 7.46. The molecule has 0 spiro atoms. The zero-order valence-corrected chi connectivity index (χ0v) is 14.4. The number of rotatable bonds is 5. The second-order valence-corrected chi connectivity index (χ2v) is 7.74. The minimum atomic E-state index is -3.08. The number of nitrogens with zero attached hydrogens (tertiary/aromatic N) is 1. The summed E-state index contributed by atoms with van der Waals surface area (Å²) < 4.78 is 22.6. The van der Waals surface area contributed by atoms with E-state index in [9.17, 15) is 13.2 Å². The maximum atomic E-state index is 12.7. The number of benzene rings is 2. The van der Waals surface area contributed by atoms with E-state index < -0.39 is 9.84 Å². The average Bonchev–Trinajstić information content (AvgIpc) is 2.49. The molecule has 4 nitrogen and oxygen atoms in total. The molecule has 0 radical (unpaired) electrons. The monoisotopic (exact) mass is 331 g/mol. The fraction of sp³-hybridized carbons (Fsp3) is 0.278. The lowest BCUT2D eigenvalue weighted by atomic mass is 10.1. The van der Waals surface area contributed by atoms with Crippen LogP contribution in [0.4, 0.5) is 5.69 Å². The Bertz CT molecular complexity index is 795. The van der Waals surface area contributed by atoms with Gasteiger partial charge in [-0.2, -0.15) is 0 Å². The molecule has 0 fully saturated rings. The van der Waals surface area contributed by atoms with Crippen LogP contribution in [0.1, 0.15) is 28.4 Å². The van der Waals surface area contributed by atoms with Gasteiger partial charge >= 0.3 is 0 Å². The molecule has 2 rings (SSSR count). The number of sulfone groups is 1. The number of carbonyl (C=O) groups excluding carboxylic acids is 1. The van der Waals surface area contributed by atoms with Gasteiger partial charge in [-0.25, -0.2) is 8.42 Å². The highest BCUT2D eigenvalue weighted by Gasteiger charge is 2.17. The van der Waals surface area contributed by atoms with Crippen molar-refractivity contribution in [3.8, 4) is 0 Å². The molecule has 0 aliphatic rings. The fourth-order valence-corrected chi connectivity index (χ4v) is 3.29.